The van der Waals surface area contributed by atoms with Gasteiger partial charge in [0.05, 0.1) is 6.04 Å². The molecule has 31 heavy (non-hydrogen) atoms. The molecule has 2 aliphatic heterocycles. The van der Waals surface area contributed by atoms with Gasteiger partial charge in [0.2, 0.25) is 5.91 Å². The number of likely N-dealkylation sites (tertiary alicyclic amines) is 1. The van der Waals surface area contributed by atoms with Crippen LogP contribution in [0.3, 0.4) is 0 Å². The van der Waals surface area contributed by atoms with Crippen LogP contribution in [0.4, 0.5) is 11.5 Å². The highest BCUT2D eigenvalue weighted by Crippen LogP contribution is 2.22. The van der Waals surface area contributed by atoms with Crippen LogP contribution in [0.25, 0.3) is 0 Å². The first-order chi connectivity index (χ1) is 15.1. The second-order valence-electron chi connectivity index (χ2n) is 8.65. The number of hydrogen-bond acceptors (Lipinski definition) is 5. The van der Waals surface area contributed by atoms with Gasteiger partial charge in [-0.25, -0.2) is 4.98 Å². The Balaban J connectivity index is 1.25. The zero-order chi connectivity index (χ0) is 21.6. The quantitative estimate of drug-likeness (QED) is 0.675. The van der Waals surface area contributed by atoms with E-state index in [1.165, 1.54) is 6.42 Å². The van der Waals surface area contributed by atoms with Crippen molar-refractivity contribution >= 4 is 33.3 Å². The monoisotopic (exact) mass is 485 g/mol. The number of carbonyl (C=O) groups excluding carboxylic acids is 1. The van der Waals surface area contributed by atoms with E-state index in [0.717, 1.165) is 68.2 Å². The van der Waals surface area contributed by atoms with Crippen LogP contribution in [-0.4, -0.2) is 72.5 Å². The molecule has 7 heteroatoms. The molecule has 2 atom stereocenters. The van der Waals surface area contributed by atoms with Crippen molar-refractivity contribution in [3.8, 4) is 0 Å². The number of piperidine rings is 1. The Morgan fingerprint density at radius 2 is 2.00 bits per heavy atom. The van der Waals surface area contributed by atoms with E-state index in [1.54, 1.807) is 0 Å². The molecule has 2 aromatic rings. The summed E-state index contributed by atoms with van der Waals surface area (Å²) in [4.78, 5) is 24.6. The summed E-state index contributed by atoms with van der Waals surface area (Å²) >= 11 is 3.46. The smallest absolute Gasteiger partial charge is 0.241 e. The number of carbonyl (C=O) groups is 1. The van der Waals surface area contributed by atoms with E-state index in [-0.39, 0.29) is 11.9 Å². The Hall–Kier alpha value is -1.96. The fraction of sp³-hybridized carbons (Fsp3) is 0.500. The average Bonchev–Trinajstić information content (AvgIpc) is 2.80. The molecule has 2 aliphatic rings. The molecule has 2 saturated heterocycles. The average molecular weight is 486 g/mol. The van der Waals surface area contributed by atoms with Crippen molar-refractivity contribution in [1.82, 2.24) is 14.8 Å². The van der Waals surface area contributed by atoms with Crippen LogP contribution in [0.15, 0.2) is 53.1 Å². The molecule has 1 amide bonds. The maximum Gasteiger partial charge on any atom is 0.241 e. The zero-order valence-corrected chi connectivity index (χ0v) is 19.8. The van der Waals surface area contributed by atoms with Gasteiger partial charge in [-0.3, -0.25) is 14.6 Å². The predicted molar refractivity (Wildman–Crippen MR) is 129 cm³/mol. The predicted octanol–water partition coefficient (Wildman–Crippen LogP) is 3.71. The van der Waals surface area contributed by atoms with E-state index in [2.05, 4.69) is 53.1 Å². The van der Waals surface area contributed by atoms with Crippen molar-refractivity contribution in [3.05, 3.63) is 53.1 Å². The van der Waals surface area contributed by atoms with Crippen LogP contribution in [-0.2, 0) is 4.79 Å². The van der Waals surface area contributed by atoms with Crippen LogP contribution in [0, 0.1) is 5.92 Å². The van der Waals surface area contributed by atoms with Crippen LogP contribution < -0.4 is 10.2 Å². The molecule has 6 nitrogen and oxygen atoms in total. The second-order valence-corrected chi connectivity index (χ2v) is 9.57. The van der Waals surface area contributed by atoms with Crippen molar-refractivity contribution in [2.75, 3.05) is 56.0 Å². The Morgan fingerprint density at radius 3 is 2.74 bits per heavy atom. The second kappa shape index (κ2) is 10.6. The normalized spacial score (nSPS) is 21.6. The van der Waals surface area contributed by atoms with Gasteiger partial charge in [0.1, 0.15) is 5.82 Å². The number of piperazine rings is 1. The molecule has 0 radical (unpaired) electrons. The molecule has 0 aliphatic carbocycles. The van der Waals surface area contributed by atoms with E-state index in [9.17, 15) is 4.79 Å². The molecule has 4 rings (SSSR count). The first kappa shape index (κ1) is 22.2. The fourth-order valence-corrected chi connectivity index (χ4v) is 5.04. The lowest BCUT2D eigenvalue weighted by atomic mass is 9.95. The van der Waals surface area contributed by atoms with Gasteiger partial charge in [-0.1, -0.05) is 28.1 Å². The molecule has 2 fully saturated rings. The summed E-state index contributed by atoms with van der Waals surface area (Å²) in [6.07, 6.45) is 4.27. The summed E-state index contributed by atoms with van der Waals surface area (Å²) in [5.41, 5.74) is 0.838. The number of pyridine rings is 1. The maximum atomic E-state index is 12.8. The molecule has 1 aromatic heterocycles. The lowest BCUT2D eigenvalue weighted by Gasteiger charge is -2.40. The molecule has 0 bridgehead atoms. The first-order valence-corrected chi connectivity index (χ1v) is 12.1. The van der Waals surface area contributed by atoms with E-state index in [4.69, 9.17) is 0 Å². The van der Waals surface area contributed by atoms with Gasteiger partial charge in [0.15, 0.2) is 0 Å². The highest BCUT2D eigenvalue weighted by atomic mass is 79.9. The number of halogens is 1. The van der Waals surface area contributed by atoms with Crippen molar-refractivity contribution in [3.63, 3.8) is 0 Å². The van der Waals surface area contributed by atoms with Gasteiger partial charge in [-0.2, -0.15) is 0 Å². The molecule has 166 valence electrons. The summed E-state index contributed by atoms with van der Waals surface area (Å²) in [7, 11) is 0. The van der Waals surface area contributed by atoms with Gasteiger partial charge in [-0.05, 0) is 62.6 Å². The number of anilines is 2. The lowest BCUT2D eigenvalue weighted by Crippen LogP contribution is -2.52. The van der Waals surface area contributed by atoms with Gasteiger partial charge in [0, 0.05) is 55.6 Å². The number of rotatable bonds is 6. The third-order valence-corrected chi connectivity index (χ3v) is 6.92. The van der Waals surface area contributed by atoms with Crippen molar-refractivity contribution < 1.29 is 4.79 Å². The molecule has 0 saturated carbocycles. The Labute approximate surface area is 193 Å². The fourth-order valence-electron chi connectivity index (χ4n) is 4.64. The number of amides is 1. The standard InChI is InChI=1S/C24H32BrN5O/c1-19(24(31)27-22-8-4-7-21(25)16-22)30-11-5-6-20(18-30)17-28-12-14-29(15-13-28)23-9-2-3-10-26-23/h2-4,7-10,16,19-20H,5-6,11-15,17-18H2,1H3,(H,27,31). The summed E-state index contributed by atoms with van der Waals surface area (Å²) < 4.78 is 0.971. The topological polar surface area (TPSA) is 51.7 Å². The minimum absolute atomic E-state index is 0.0720. The number of benzene rings is 1. The van der Waals surface area contributed by atoms with Crippen LogP contribution in [0.5, 0.6) is 0 Å². The highest BCUT2D eigenvalue weighted by molar-refractivity contribution is 9.10. The summed E-state index contributed by atoms with van der Waals surface area (Å²) in [5.74, 6) is 1.77. The van der Waals surface area contributed by atoms with E-state index in [1.807, 2.05) is 43.5 Å². The third kappa shape index (κ3) is 6.05. The summed E-state index contributed by atoms with van der Waals surface area (Å²) in [6.45, 7) is 9.34. The Kier molecular flexibility index (Phi) is 7.58. The highest BCUT2D eigenvalue weighted by Gasteiger charge is 2.29. The first-order valence-electron chi connectivity index (χ1n) is 11.3. The summed E-state index contributed by atoms with van der Waals surface area (Å²) in [6, 6.07) is 13.8. The molecular formula is C24H32BrN5O. The van der Waals surface area contributed by atoms with Crippen molar-refractivity contribution in [2.24, 2.45) is 5.92 Å². The Bertz CT molecular complexity index is 856. The maximum absolute atomic E-state index is 12.8. The minimum Gasteiger partial charge on any atom is -0.354 e. The van der Waals surface area contributed by atoms with Gasteiger partial charge in [-0.15, -0.1) is 0 Å². The zero-order valence-electron chi connectivity index (χ0n) is 18.2. The Morgan fingerprint density at radius 1 is 1.16 bits per heavy atom. The van der Waals surface area contributed by atoms with Gasteiger partial charge in [0.25, 0.3) is 0 Å². The molecular weight excluding hydrogens is 454 g/mol. The third-order valence-electron chi connectivity index (χ3n) is 6.43. The van der Waals surface area contributed by atoms with Gasteiger partial charge < -0.3 is 10.2 Å². The minimum atomic E-state index is -0.122. The van der Waals surface area contributed by atoms with Crippen molar-refractivity contribution in [2.45, 2.75) is 25.8 Å². The van der Waals surface area contributed by atoms with E-state index < -0.39 is 0 Å². The van der Waals surface area contributed by atoms with Crippen LogP contribution in [0.1, 0.15) is 19.8 Å². The van der Waals surface area contributed by atoms with Crippen LogP contribution in [0.2, 0.25) is 0 Å². The lowest BCUT2D eigenvalue weighted by molar-refractivity contribution is -0.121. The molecule has 3 heterocycles. The number of hydrogen-bond donors (Lipinski definition) is 1. The van der Waals surface area contributed by atoms with E-state index >= 15 is 0 Å². The van der Waals surface area contributed by atoms with Crippen molar-refractivity contribution in [1.29, 1.82) is 0 Å². The molecule has 0 spiro atoms. The molecule has 1 aromatic carbocycles. The number of nitrogens with one attached hydrogen (secondary N) is 1. The molecule has 1 N–H and O–H groups in total. The summed E-state index contributed by atoms with van der Waals surface area (Å²) in [5, 5.41) is 3.06. The largest absolute Gasteiger partial charge is 0.354 e. The SMILES string of the molecule is CC(C(=O)Nc1cccc(Br)c1)N1CCCC(CN2CCN(c3ccccn3)CC2)C1. The van der Waals surface area contributed by atoms with Crippen LogP contribution >= 0.6 is 15.9 Å². The number of aromatic nitrogens is 1. The van der Waals surface area contributed by atoms with Gasteiger partial charge >= 0.3 is 0 Å². The van der Waals surface area contributed by atoms with E-state index in [0.29, 0.717) is 5.92 Å². The number of nitrogens with zero attached hydrogens (tertiary/aromatic N) is 4. The molecule has 2 unspecified atom stereocenters.